The topological polar surface area (TPSA) is 58.4 Å². The largest absolute Gasteiger partial charge is 0.491 e. The van der Waals surface area contributed by atoms with Crippen LogP contribution in [0.4, 0.5) is 0 Å². The highest BCUT2D eigenvalue weighted by Gasteiger charge is 2.16. The second-order valence-corrected chi connectivity index (χ2v) is 6.15. The maximum Gasteiger partial charge on any atom is 0.213 e. The number of hydrogen-bond donors (Lipinski definition) is 0. The number of aromatic nitrogens is 3. The van der Waals surface area contributed by atoms with Crippen LogP contribution in [0.5, 0.6) is 11.6 Å². The van der Waals surface area contributed by atoms with Gasteiger partial charge in [0.15, 0.2) is 0 Å². The Hall–Kier alpha value is -2.86. The van der Waals surface area contributed by atoms with E-state index in [1.807, 2.05) is 47.2 Å². The minimum atomic E-state index is 0.219. The van der Waals surface area contributed by atoms with Crippen LogP contribution in [0.3, 0.4) is 0 Å². The van der Waals surface area contributed by atoms with E-state index >= 15 is 0 Å². The lowest BCUT2D eigenvalue weighted by Gasteiger charge is -2.13. The molecule has 1 unspecified atom stereocenters. The van der Waals surface area contributed by atoms with Gasteiger partial charge in [0.05, 0.1) is 13.2 Å². The molecule has 0 aliphatic carbocycles. The molecule has 1 aliphatic rings. The Bertz CT molecular complexity index is 855. The predicted molar refractivity (Wildman–Crippen MR) is 97.8 cm³/mol. The number of nitrogens with zero attached hydrogens (tertiary/aromatic N) is 3. The minimum absolute atomic E-state index is 0.219. The zero-order chi connectivity index (χ0) is 17.8. The fourth-order valence-corrected chi connectivity index (χ4v) is 3.05. The van der Waals surface area contributed by atoms with Crippen LogP contribution in [0.1, 0.15) is 12.8 Å². The summed E-state index contributed by atoms with van der Waals surface area (Å²) in [5.41, 5.74) is 1.96. The highest BCUT2D eigenvalue weighted by atomic mass is 16.5. The van der Waals surface area contributed by atoms with Crippen molar-refractivity contribution in [2.75, 3.05) is 20.3 Å². The molecule has 0 amide bonds. The molecular weight excluding hydrogens is 330 g/mol. The molecule has 0 N–H and O–H groups in total. The molecule has 134 valence electrons. The van der Waals surface area contributed by atoms with Gasteiger partial charge >= 0.3 is 0 Å². The first-order valence-corrected chi connectivity index (χ1v) is 8.72. The van der Waals surface area contributed by atoms with Crippen LogP contribution in [-0.4, -0.2) is 41.0 Å². The van der Waals surface area contributed by atoms with E-state index in [2.05, 4.69) is 9.97 Å². The summed E-state index contributed by atoms with van der Waals surface area (Å²) in [6.45, 7) is 1.45. The van der Waals surface area contributed by atoms with Crippen molar-refractivity contribution in [2.24, 2.45) is 0 Å². The van der Waals surface area contributed by atoms with Crippen molar-refractivity contribution in [3.8, 4) is 28.7 Å². The number of hydrogen-bond acceptors (Lipinski definition) is 5. The van der Waals surface area contributed by atoms with Gasteiger partial charge in [-0.3, -0.25) is 4.57 Å². The highest BCUT2D eigenvalue weighted by Crippen LogP contribution is 2.25. The van der Waals surface area contributed by atoms with Gasteiger partial charge in [0.1, 0.15) is 18.2 Å². The minimum Gasteiger partial charge on any atom is -0.491 e. The van der Waals surface area contributed by atoms with Crippen molar-refractivity contribution in [1.29, 1.82) is 0 Å². The first-order valence-electron chi connectivity index (χ1n) is 8.72. The lowest BCUT2D eigenvalue weighted by molar-refractivity contribution is 0.0679. The average molecular weight is 351 g/mol. The lowest BCUT2D eigenvalue weighted by Crippen LogP contribution is -2.16. The number of benzene rings is 1. The number of imidazole rings is 1. The monoisotopic (exact) mass is 351 g/mol. The maximum atomic E-state index is 5.83. The Balaban J connectivity index is 1.52. The Morgan fingerprint density at radius 1 is 1.15 bits per heavy atom. The number of methoxy groups -OCH3 is 1. The van der Waals surface area contributed by atoms with Crippen LogP contribution in [0.25, 0.3) is 17.1 Å². The number of pyridine rings is 1. The van der Waals surface area contributed by atoms with Gasteiger partial charge in [-0.1, -0.05) is 0 Å². The van der Waals surface area contributed by atoms with Gasteiger partial charge in [0.25, 0.3) is 0 Å². The standard InChI is InChI=1S/C20H21N3O3/c1-24-19-13-15(8-9-21-19)20-22-10-11-23(20)16-4-6-17(7-5-16)26-14-18-3-2-12-25-18/h4-11,13,18H,2-3,12,14H2,1H3. The normalized spacial score (nSPS) is 16.6. The van der Waals surface area contributed by atoms with E-state index in [1.165, 1.54) is 0 Å². The molecule has 6 heteroatoms. The summed E-state index contributed by atoms with van der Waals surface area (Å²) in [7, 11) is 1.61. The molecule has 0 radical (unpaired) electrons. The van der Waals surface area contributed by atoms with Gasteiger partial charge in [0.2, 0.25) is 5.88 Å². The summed E-state index contributed by atoms with van der Waals surface area (Å²) in [6, 6.07) is 11.8. The van der Waals surface area contributed by atoms with Gasteiger partial charge in [-0.15, -0.1) is 0 Å². The predicted octanol–water partition coefficient (Wildman–Crippen LogP) is 3.50. The number of rotatable bonds is 6. The summed E-state index contributed by atoms with van der Waals surface area (Å²) in [4.78, 5) is 8.63. The van der Waals surface area contributed by atoms with Gasteiger partial charge in [-0.25, -0.2) is 9.97 Å². The van der Waals surface area contributed by atoms with Gasteiger partial charge in [-0.2, -0.15) is 0 Å². The SMILES string of the molecule is COc1cc(-c2nccn2-c2ccc(OCC3CCCO3)cc2)ccn1. The molecule has 3 heterocycles. The molecule has 6 nitrogen and oxygen atoms in total. The molecule has 1 aliphatic heterocycles. The van der Waals surface area contributed by atoms with Crippen molar-refractivity contribution in [2.45, 2.75) is 18.9 Å². The average Bonchev–Trinajstić information content (AvgIpc) is 3.39. The Morgan fingerprint density at radius 2 is 2.04 bits per heavy atom. The Labute approximate surface area is 152 Å². The van der Waals surface area contributed by atoms with E-state index in [4.69, 9.17) is 14.2 Å². The zero-order valence-electron chi connectivity index (χ0n) is 14.7. The molecular formula is C20H21N3O3. The smallest absolute Gasteiger partial charge is 0.213 e. The second kappa shape index (κ2) is 7.58. The highest BCUT2D eigenvalue weighted by molar-refractivity contribution is 5.59. The second-order valence-electron chi connectivity index (χ2n) is 6.15. The maximum absolute atomic E-state index is 5.83. The van der Waals surface area contributed by atoms with Crippen LogP contribution in [0.2, 0.25) is 0 Å². The van der Waals surface area contributed by atoms with Crippen LogP contribution < -0.4 is 9.47 Å². The van der Waals surface area contributed by atoms with E-state index in [1.54, 1.807) is 19.5 Å². The van der Waals surface area contributed by atoms with Crippen LogP contribution in [-0.2, 0) is 4.74 Å². The molecule has 0 bridgehead atoms. The lowest BCUT2D eigenvalue weighted by atomic mass is 10.2. The van der Waals surface area contributed by atoms with E-state index in [-0.39, 0.29) is 6.10 Å². The molecule has 1 saturated heterocycles. The van der Waals surface area contributed by atoms with Crippen LogP contribution in [0.15, 0.2) is 55.0 Å². The summed E-state index contributed by atoms with van der Waals surface area (Å²) in [5, 5.41) is 0. The molecule has 1 atom stereocenters. The zero-order valence-corrected chi connectivity index (χ0v) is 14.7. The van der Waals surface area contributed by atoms with Crippen LogP contribution in [0, 0.1) is 0 Å². The van der Waals surface area contributed by atoms with Crippen molar-refractivity contribution in [1.82, 2.24) is 14.5 Å². The van der Waals surface area contributed by atoms with E-state index < -0.39 is 0 Å². The molecule has 1 aromatic carbocycles. The first-order chi connectivity index (χ1) is 12.8. The Morgan fingerprint density at radius 3 is 2.81 bits per heavy atom. The molecule has 1 fully saturated rings. The molecule has 4 rings (SSSR count). The van der Waals surface area contributed by atoms with Crippen molar-refractivity contribution in [3.05, 3.63) is 55.0 Å². The molecule has 0 spiro atoms. The van der Waals surface area contributed by atoms with Crippen molar-refractivity contribution >= 4 is 0 Å². The summed E-state index contributed by atoms with van der Waals surface area (Å²) >= 11 is 0. The van der Waals surface area contributed by atoms with E-state index in [0.29, 0.717) is 12.5 Å². The van der Waals surface area contributed by atoms with E-state index in [0.717, 1.165) is 42.3 Å². The third-order valence-corrected chi connectivity index (χ3v) is 4.42. The summed E-state index contributed by atoms with van der Waals surface area (Å²) < 4.78 is 18.7. The quantitative estimate of drug-likeness (QED) is 0.680. The molecule has 3 aromatic rings. The third-order valence-electron chi connectivity index (χ3n) is 4.42. The van der Waals surface area contributed by atoms with Gasteiger partial charge < -0.3 is 14.2 Å². The third kappa shape index (κ3) is 3.55. The fourth-order valence-electron chi connectivity index (χ4n) is 3.05. The van der Waals surface area contributed by atoms with Crippen LogP contribution >= 0.6 is 0 Å². The van der Waals surface area contributed by atoms with Gasteiger partial charge in [0, 0.05) is 42.5 Å². The van der Waals surface area contributed by atoms with Crippen molar-refractivity contribution < 1.29 is 14.2 Å². The fraction of sp³-hybridized carbons (Fsp3) is 0.300. The molecule has 2 aromatic heterocycles. The first kappa shape index (κ1) is 16.6. The van der Waals surface area contributed by atoms with Gasteiger partial charge in [-0.05, 0) is 43.2 Å². The summed E-state index contributed by atoms with van der Waals surface area (Å²) in [6.07, 6.45) is 7.85. The molecule has 26 heavy (non-hydrogen) atoms. The Kier molecular flexibility index (Phi) is 4.84. The summed E-state index contributed by atoms with van der Waals surface area (Å²) in [5.74, 6) is 2.24. The molecule has 0 saturated carbocycles. The van der Waals surface area contributed by atoms with Crippen molar-refractivity contribution in [3.63, 3.8) is 0 Å². The van der Waals surface area contributed by atoms with E-state index in [9.17, 15) is 0 Å². The number of ether oxygens (including phenoxy) is 3.